The van der Waals surface area contributed by atoms with E-state index in [4.69, 9.17) is 9.47 Å². The largest absolute Gasteiger partial charge is 0.378 e. The van der Waals surface area contributed by atoms with Crippen molar-refractivity contribution in [2.75, 3.05) is 7.11 Å². The molecule has 0 aromatic carbocycles. The van der Waals surface area contributed by atoms with E-state index in [0.29, 0.717) is 18.2 Å². The minimum Gasteiger partial charge on any atom is -0.378 e. The second kappa shape index (κ2) is 6.30. The van der Waals surface area contributed by atoms with Gasteiger partial charge in [-0.25, -0.2) is 4.98 Å². The third-order valence-electron chi connectivity index (χ3n) is 3.48. The molecule has 1 aliphatic heterocycles. The van der Waals surface area contributed by atoms with Gasteiger partial charge in [0.1, 0.15) is 0 Å². The summed E-state index contributed by atoms with van der Waals surface area (Å²) in [6.45, 7) is 5.27. The van der Waals surface area contributed by atoms with Crippen molar-refractivity contribution in [1.29, 1.82) is 0 Å². The van der Waals surface area contributed by atoms with E-state index in [1.54, 1.807) is 24.1 Å². The number of rotatable bonds is 4. The van der Waals surface area contributed by atoms with Crippen molar-refractivity contribution in [1.82, 2.24) is 9.55 Å². The molecule has 1 fully saturated rings. The van der Waals surface area contributed by atoms with Crippen LogP contribution in [-0.2, 0) is 22.6 Å². The highest BCUT2D eigenvalue weighted by atomic mass is 16.5. The van der Waals surface area contributed by atoms with Gasteiger partial charge in [-0.05, 0) is 32.6 Å². The fourth-order valence-corrected chi connectivity index (χ4v) is 2.80. The predicted molar refractivity (Wildman–Crippen MR) is 71.9 cm³/mol. The van der Waals surface area contributed by atoms with Crippen molar-refractivity contribution in [3.05, 3.63) is 28.4 Å². The molecule has 5 nitrogen and oxygen atoms in total. The molecule has 0 bridgehead atoms. The maximum Gasteiger partial charge on any atom is 0.253 e. The number of hydrogen-bond acceptors (Lipinski definition) is 4. The zero-order valence-electron chi connectivity index (χ0n) is 11.8. The highest BCUT2D eigenvalue weighted by Crippen LogP contribution is 2.25. The Balaban J connectivity index is 2.04. The summed E-state index contributed by atoms with van der Waals surface area (Å²) in [7, 11) is 1.60. The van der Waals surface area contributed by atoms with Crippen LogP contribution >= 0.6 is 0 Å². The fourth-order valence-electron chi connectivity index (χ4n) is 2.80. The molecule has 0 amide bonds. The number of hydrogen-bond donors (Lipinski definition) is 0. The van der Waals surface area contributed by atoms with Crippen molar-refractivity contribution in [2.45, 2.75) is 52.0 Å². The van der Waals surface area contributed by atoms with Gasteiger partial charge in [0.15, 0.2) is 0 Å². The summed E-state index contributed by atoms with van der Waals surface area (Å²) in [5.41, 5.74) is 0.673. The fraction of sp³-hybridized carbons (Fsp3) is 0.714. The van der Waals surface area contributed by atoms with Gasteiger partial charge >= 0.3 is 0 Å². The summed E-state index contributed by atoms with van der Waals surface area (Å²) in [5.74, 6) is 0.478. The predicted octanol–water partition coefficient (Wildman–Crippen LogP) is 1.59. The topological polar surface area (TPSA) is 53.4 Å². The average Bonchev–Trinajstić information content (AvgIpc) is 2.32. The molecule has 3 atom stereocenters. The summed E-state index contributed by atoms with van der Waals surface area (Å²) < 4.78 is 12.4. The molecule has 19 heavy (non-hydrogen) atoms. The lowest BCUT2D eigenvalue weighted by Gasteiger charge is -2.32. The average molecular weight is 266 g/mol. The maximum absolute atomic E-state index is 12.0. The SMILES string of the molecule is COCc1cc(=O)n(CC2C[C@@H](C)O[C@@H](C)C2)cn1. The molecule has 0 N–H and O–H groups in total. The van der Waals surface area contributed by atoms with Gasteiger partial charge in [0.2, 0.25) is 0 Å². The van der Waals surface area contributed by atoms with Crippen LogP contribution in [0.5, 0.6) is 0 Å². The van der Waals surface area contributed by atoms with Crippen LogP contribution in [0, 0.1) is 5.92 Å². The maximum atomic E-state index is 12.0. The Bertz CT molecular complexity index is 462. The lowest BCUT2D eigenvalue weighted by Crippen LogP contribution is -2.33. The Hall–Kier alpha value is -1.20. The van der Waals surface area contributed by atoms with Gasteiger partial charge in [-0.2, -0.15) is 0 Å². The summed E-state index contributed by atoms with van der Waals surface area (Å²) in [6, 6.07) is 1.55. The Kier molecular flexibility index (Phi) is 4.71. The van der Waals surface area contributed by atoms with E-state index >= 15 is 0 Å². The molecule has 2 heterocycles. The summed E-state index contributed by atoms with van der Waals surface area (Å²) >= 11 is 0. The Labute approximate surface area is 113 Å². The number of nitrogens with zero attached hydrogens (tertiary/aromatic N) is 2. The Morgan fingerprint density at radius 1 is 1.42 bits per heavy atom. The van der Waals surface area contributed by atoms with Crippen molar-refractivity contribution in [3.8, 4) is 0 Å². The van der Waals surface area contributed by atoms with Crippen LogP contribution in [0.1, 0.15) is 32.4 Å². The molecule has 0 spiro atoms. The van der Waals surface area contributed by atoms with Crippen molar-refractivity contribution >= 4 is 0 Å². The molecule has 1 unspecified atom stereocenters. The zero-order chi connectivity index (χ0) is 13.8. The monoisotopic (exact) mass is 266 g/mol. The van der Waals surface area contributed by atoms with Gasteiger partial charge in [-0.15, -0.1) is 0 Å². The van der Waals surface area contributed by atoms with Crippen LogP contribution in [0.2, 0.25) is 0 Å². The van der Waals surface area contributed by atoms with E-state index in [0.717, 1.165) is 19.4 Å². The number of methoxy groups -OCH3 is 1. The smallest absolute Gasteiger partial charge is 0.253 e. The first-order valence-electron chi connectivity index (χ1n) is 6.78. The Morgan fingerprint density at radius 2 is 2.11 bits per heavy atom. The van der Waals surface area contributed by atoms with Crippen LogP contribution in [-0.4, -0.2) is 28.9 Å². The van der Waals surface area contributed by atoms with Gasteiger partial charge in [0.25, 0.3) is 5.56 Å². The van der Waals surface area contributed by atoms with Gasteiger partial charge in [-0.1, -0.05) is 0 Å². The van der Waals surface area contributed by atoms with Crippen LogP contribution in [0.15, 0.2) is 17.2 Å². The molecule has 2 rings (SSSR count). The summed E-state index contributed by atoms with van der Waals surface area (Å²) in [6.07, 6.45) is 4.16. The van der Waals surface area contributed by atoms with E-state index in [9.17, 15) is 4.79 Å². The van der Waals surface area contributed by atoms with Crippen molar-refractivity contribution in [2.24, 2.45) is 5.92 Å². The van der Waals surface area contributed by atoms with Crippen LogP contribution in [0.3, 0.4) is 0 Å². The van der Waals surface area contributed by atoms with Crippen LogP contribution < -0.4 is 5.56 Å². The van der Waals surface area contributed by atoms with E-state index in [2.05, 4.69) is 18.8 Å². The van der Waals surface area contributed by atoms with Crippen LogP contribution in [0.4, 0.5) is 0 Å². The zero-order valence-corrected chi connectivity index (χ0v) is 11.8. The molecule has 0 radical (unpaired) electrons. The molecule has 5 heteroatoms. The van der Waals surface area contributed by atoms with Gasteiger partial charge < -0.3 is 9.47 Å². The molecular formula is C14H22N2O3. The number of ether oxygens (including phenoxy) is 2. The second-order valence-corrected chi connectivity index (χ2v) is 5.40. The van der Waals surface area contributed by atoms with E-state index < -0.39 is 0 Å². The van der Waals surface area contributed by atoms with Crippen molar-refractivity contribution < 1.29 is 9.47 Å². The van der Waals surface area contributed by atoms with Gasteiger partial charge in [0.05, 0.1) is 30.8 Å². The minimum absolute atomic E-state index is 0.00570. The lowest BCUT2D eigenvalue weighted by molar-refractivity contribution is -0.0550. The first kappa shape index (κ1) is 14.2. The first-order valence-corrected chi connectivity index (χ1v) is 6.78. The van der Waals surface area contributed by atoms with Gasteiger partial charge in [-0.3, -0.25) is 9.36 Å². The molecule has 1 saturated heterocycles. The quantitative estimate of drug-likeness (QED) is 0.830. The molecule has 1 aromatic rings. The highest BCUT2D eigenvalue weighted by molar-refractivity contribution is 4.98. The third kappa shape index (κ3) is 3.88. The van der Waals surface area contributed by atoms with Gasteiger partial charge in [0, 0.05) is 19.7 Å². The lowest BCUT2D eigenvalue weighted by atomic mass is 9.92. The second-order valence-electron chi connectivity index (χ2n) is 5.40. The minimum atomic E-state index is -0.00570. The standard InChI is InChI=1S/C14H22N2O3/c1-10-4-12(5-11(2)19-10)7-16-9-15-13(8-18-3)6-14(16)17/h6,9-12H,4-5,7-8H2,1-3H3/t10-,11+,12?. The van der Waals surface area contributed by atoms with E-state index in [-0.39, 0.29) is 17.8 Å². The first-order chi connectivity index (χ1) is 9.08. The Morgan fingerprint density at radius 3 is 2.68 bits per heavy atom. The van der Waals surface area contributed by atoms with Crippen LogP contribution in [0.25, 0.3) is 0 Å². The molecule has 1 aromatic heterocycles. The summed E-state index contributed by atoms with van der Waals surface area (Å²) in [5, 5.41) is 0. The third-order valence-corrected chi connectivity index (χ3v) is 3.48. The molecular weight excluding hydrogens is 244 g/mol. The molecule has 1 aliphatic rings. The van der Waals surface area contributed by atoms with Crippen molar-refractivity contribution in [3.63, 3.8) is 0 Å². The van der Waals surface area contributed by atoms with E-state index in [1.807, 2.05) is 0 Å². The highest BCUT2D eigenvalue weighted by Gasteiger charge is 2.24. The van der Waals surface area contributed by atoms with E-state index in [1.165, 1.54) is 0 Å². The summed E-state index contributed by atoms with van der Waals surface area (Å²) in [4.78, 5) is 16.2. The molecule has 106 valence electrons. The molecule has 0 saturated carbocycles. The number of aromatic nitrogens is 2. The normalized spacial score (nSPS) is 27.4. The molecule has 0 aliphatic carbocycles.